The molecule has 0 aliphatic carbocycles. The Labute approximate surface area is 184 Å². The molecule has 0 amide bonds. The summed E-state index contributed by atoms with van der Waals surface area (Å²) in [6, 6.07) is 0. The highest BCUT2D eigenvalue weighted by Crippen LogP contribution is 2.27. The van der Waals surface area contributed by atoms with Crippen LogP contribution in [-0.4, -0.2) is 71.0 Å². The first-order valence-electron chi connectivity index (χ1n) is 10.5. The van der Waals surface area contributed by atoms with Gasteiger partial charge in [0.05, 0.1) is 18.4 Å². The zero-order valence-electron chi connectivity index (χ0n) is 21.4. The van der Waals surface area contributed by atoms with Crippen molar-refractivity contribution in [1.82, 2.24) is 0 Å². The topological polar surface area (TPSA) is 58.5 Å². The fraction of sp³-hybridized carbons (Fsp3) is 0.947. The van der Waals surface area contributed by atoms with E-state index < -0.39 is 33.3 Å². The van der Waals surface area contributed by atoms with Crippen LogP contribution in [0.15, 0.2) is 5.16 Å². The summed E-state index contributed by atoms with van der Waals surface area (Å²) in [6.45, 7) is 28.4. The predicted molar refractivity (Wildman–Crippen MR) is 134 cm³/mol. The Balaban J connectivity index is 6.26. The van der Waals surface area contributed by atoms with Gasteiger partial charge < -0.3 is 22.5 Å². The molecular formula is C19H47NO5Si4. The summed E-state index contributed by atoms with van der Waals surface area (Å²) < 4.78 is 26.4. The van der Waals surface area contributed by atoms with Gasteiger partial charge in [-0.05, 0) is 85.5 Å². The average Bonchev–Trinajstić information content (AvgIpc) is 2.42. The normalized spacial score (nSPS) is 18.6. The van der Waals surface area contributed by atoms with Gasteiger partial charge in [0.15, 0.2) is 33.3 Å². The third kappa shape index (κ3) is 14.8. The first-order valence-corrected chi connectivity index (χ1v) is 24.2. The van der Waals surface area contributed by atoms with Crippen LogP contribution in [0, 0.1) is 0 Å². The van der Waals surface area contributed by atoms with Crippen LogP contribution in [0.1, 0.15) is 6.92 Å². The summed E-state index contributed by atoms with van der Waals surface area (Å²) in [5.74, 6) is 0. The summed E-state index contributed by atoms with van der Waals surface area (Å²) in [5.41, 5.74) is 0. The Morgan fingerprint density at radius 1 is 0.586 bits per heavy atom. The van der Waals surface area contributed by atoms with Crippen LogP contribution in [0.3, 0.4) is 0 Å². The zero-order valence-corrected chi connectivity index (χ0v) is 25.4. The summed E-state index contributed by atoms with van der Waals surface area (Å²) in [4.78, 5) is 4.99. The molecule has 0 unspecified atom stereocenters. The van der Waals surface area contributed by atoms with Gasteiger partial charge in [0.25, 0.3) is 0 Å². The number of hydrogen-bond donors (Lipinski definition) is 0. The Kier molecular flexibility index (Phi) is 11.2. The Morgan fingerprint density at radius 2 is 0.966 bits per heavy atom. The monoisotopic (exact) mass is 481 g/mol. The molecule has 0 bridgehead atoms. The molecule has 6 nitrogen and oxygen atoms in total. The van der Waals surface area contributed by atoms with Crippen molar-refractivity contribution in [3.8, 4) is 0 Å². The van der Waals surface area contributed by atoms with Crippen LogP contribution in [0.25, 0.3) is 0 Å². The molecule has 0 radical (unpaired) electrons. The molecule has 0 aliphatic rings. The van der Waals surface area contributed by atoms with Gasteiger partial charge in [0.1, 0.15) is 19.3 Å². The molecule has 0 spiro atoms. The van der Waals surface area contributed by atoms with Crippen molar-refractivity contribution in [3.05, 3.63) is 0 Å². The molecule has 0 saturated carbocycles. The lowest BCUT2D eigenvalue weighted by Crippen LogP contribution is -2.58. The van der Waals surface area contributed by atoms with E-state index in [1.54, 1.807) is 13.3 Å². The third-order valence-corrected chi connectivity index (χ3v) is 7.45. The molecule has 0 heterocycles. The molecule has 4 atom stereocenters. The van der Waals surface area contributed by atoms with Gasteiger partial charge in [-0.3, -0.25) is 0 Å². The van der Waals surface area contributed by atoms with Crippen molar-refractivity contribution in [1.29, 1.82) is 0 Å². The van der Waals surface area contributed by atoms with Crippen molar-refractivity contribution < 1.29 is 22.5 Å². The largest absolute Gasteiger partial charge is 0.412 e. The molecular weight excluding hydrogens is 435 g/mol. The molecule has 0 aromatic carbocycles. The highest BCUT2D eigenvalue weighted by molar-refractivity contribution is 6.71. The third-order valence-electron chi connectivity index (χ3n) is 3.43. The second-order valence-electron chi connectivity index (χ2n) is 11.5. The van der Waals surface area contributed by atoms with E-state index in [9.17, 15) is 0 Å². The van der Waals surface area contributed by atoms with E-state index in [-0.39, 0.29) is 24.4 Å². The van der Waals surface area contributed by atoms with Gasteiger partial charge in [0.2, 0.25) is 0 Å². The van der Waals surface area contributed by atoms with E-state index in [1.165, 1.54) is 0 Å². The minimum atomic E-state index is -1.92. The molecule has 0 fully saturated rings. The quantitative estimate of drug-likeness (QED) is 0.197. The van der Waals surface area contributed by atoms with Crippen LogP contribution in [0.2, 0.25) is 78.6 Å². The lowest BCUT2D eigenvalue weighted by molar-refractivity contribution is -0.0560. The maximum absolute atomic E-state index is 6.71. The molecule has 0 aliphatic heterocycles. The van der Waals surface area contributed by atoms with E-state index in [4.69, 9.17) is 22.5 Å². The number of hydrogen-bond acceptors (Lipinski definition) is 6. The van der Waals surface area contributed by atoms with Crippen LogP contribution in [-0.2, 0) is 22.5 Å². The number of nitrogens with zero attached hydrogens (tertiary/aromatic N) is 1. The van der Waals surface area contributed by atoms with E-state index >= 15 is 0 Å². The molecule has 0 aromatic heterocycles. The van der Waals surface area contributed by atoms with Crippen LogP contribution < -0.4 is 0 Å². The van der Waals surface area contributed by atoms with E-state index in [1.807, 2.05) is 0 Å². The highest BCUT2D eigenvalue weighted by Gasteiger charge is 2.42. The van der Waals surface area contributed by atoms with Gasteiger partial charge >= 0.3 is 0 Å². The Morgan fingerprint density at radius 3 is 1.31 bits per heavy atom. The van der Waals surface area contributed by atoms with E-state index in [2.05, 4.69) is 90.6 Å². The van der Waals surface area contributed by atoms with Crippen molar-refractivity contribution in [2.24, 2.45) is 5.16 Å². The van der Waals surface area contributed by atoms with Crippen LogP contribution in [0.4, 0.5) is 0 Å². The SMILES string of the molecule is CON=C[C@@H](O[Si](C)(C)C)[C@H](O[Si](C)(C)C)[C@H](O[Si](C)(C)C)[C@H](C)O[Si](C)(C)C. The van der Waals surface area contributed by atoms with Gasteiger partial charge in [-0.25, -0.2) is 0 Å². The molecule has 0 aromatic rings. The fourth-order valence-corrected chi connectivity index (χ4v) is 7.39. The average molecular weight is 482 g/mol. The van der Waals surface area contributed by atoms with E-state index in [0.29, 0.717) is 0 Å². The lowest BCUT2D eigenvalue weighted by Gasteiger charge is -2.43. The number of rotatable bonds is 13. The lowest BCUT2D eigenvalue weighted by atomic mass is 10.1. The smallest absolute Gasteiger partial charge is 0.184 e. The van der Waals surface area contributed by atoms with Crippen molar-refractivity contribution >= 4 is 39.5 Å². The second kappa shape index (κ2) is 11.2. The molecule has 0 N–H and O–H groups in total. The van der Waals surface area contributed by atoms with Crippen molar-refractivity contribution in [2.45, 2.75) is 110 Å². The maximum Gasteiger partial charge on any atom is 0.184 e. The summed E-state index contributed by atoms with van der Waals surface area (Å²) in [6.07, 6.45) is 0.696. The maximum atomic E-state index is 6.71. The van der Waals surface area contributed by atoms with Crippen molar-refractivity contribution in [2.75, 3.05) is 7.11 Å². The van der Waals surface area contributed by atoms with Gasteiger partial charge in [-0.2, -0.15) is 0 Å². The zero-order chi connectivity index (χ0) is 23.3. The molecule has 0 saturated heterocycles. The first kappa shape index (κ1) is 29.2. The van der Waals surface area contributed by atoms with Gasteiger partial charge in [-0.15, -0.1) is 0 Å². The Bertz CT molecular complexity index is 507. The first-order chi connectivity index (χ1) is 12.7. The second-order valence-corrected chi connectivity index (χ2v) is 29.3. The van der Waals surface area contributed by atoms with E-state index in [0.717, 1.165) is 0 Å². The predicted octanol–water partition coefficient (Wildman–Crippen LogP) is 5.52. The highest BCUT2D eigenvalue weighted by atomic mass is 28.4. The summed E-state index contributed by atoms with van der Waals surface area (Å²) >= 11 is 0. The minimum absolute atomic E-state index is 0.113. The van der Waals surface area contributed by atoms with Gasteiger partial charge in [-0.1, -0.05) is 5.16 Å². The van der Waals surface area contributed by atoms with Crippen molar-refractivity contribution in [3.63, 3.8) is 0 Å². The molecule has 10 heteroatoms. The number of oxime groups is 1. The van der Waals surface area contributed by atoms with Crippen LogP contribution >= 0.6 is 0 Å². The fourth-order valence-electron chi connectivity index (χ4n) is 2.90. The summed E-state index contributed by atoms with van der Waals surface area (Å²) in [7, 11) is -5.90. The summed E-state index contributed by atoms with van der Waals surface area (Å²) in [5, 5.41) is 4.05. The molecule has 174 valence electrons. The molecule has 0 rings (SSSR count). The molecule has 29 heavy (non-hydrogen) atoms. The minimum Gasteiger partial charge on any atom is -0.412 e. The van der Waals surface area contributed by atoms with Gasteiger partial charge in [0, 0.05) is 0 Å². The Hall–Kier alpha value is 0.178. The standard InChI is InChI=1S/C19H47NO5Si4/c1-16(22-26(3,4)5)18(24-28(9,10)11)19(25-29(12,13)14)17(15-20-21-2)23-27(6,7)8/h15-19H,1-14H3/t16-,17+,18+,19-/m0/s1. The van der Waals surface area contributed by atoms with Crippen LogP contribution in [0.5, 0.6) is 0 Å².